The monoisotopic (exact) mass is 421 g/mol. The molecule has 6 heteroatoms. The molecular weight excluding hydrogens is 394 g/mol. The maximum Gasteiger partial charge on any atom is 0.306 e. The number of rotatable bonds is 10. The number of nitrogens with one attached hydrogen (secondary N) is 1. The van der Waals surface area contributed by atoms with Crippen molar-refractivity contribution in [2.24, 2.45) is 0 Å². The van der Waals surface area contributed by atoms with Crippen LogP contribution in [0.1, 0.15) is 31.4 Å². The first-order valence-corrected chi connectivity index (χ1v) is 10.3. The number of ether oxygens (including phenoxy) is 3. The van der Waals surface area contributed by atoms with Gasteiger partial charge >= 0.3 is 5.97 Å². The number of esters is 1. The van der Waals surface area contributed by atoms with Crippen molar-refractivity contribution in [2.75, 3.05) is 20.3 Å². The van der Waals surface area contributed by atoms with Crippen LogP contribution in [0.2, 0.25) is 0 Å². The fraction of sp³-hybridized carbons (Fsp3) is 0.280. The van der Waals surface area contributed by atoms with E-state index in [1.807, 2.05) is 49.4 Å². The minimum absolute atomic E-state index is 0.183. The Hall–Kier alpha value is -3.54. The Morgan fingerprint density at radius 1 is 0.935 bits per heavy atom. The first-order chi connectivity index (χ1) is 15.1. The molecule has 0 aliphatic rings. The molecule has 6 nitrogen and oxygen atoms in total. The van der Waals surface area contributed by atoms with Gasteiger partial charge in [0.25, 0.3) is 5.91 Å². The molecule has 3 aromatic carbocycles. The predicted molar refractivity (Wildman–Crippen MR) is 119 cm³/mol. The maximum atomic E-state index is 12.2. The van der Waals surface area contributed by atoms with E-state index in [2.05, 4.69) is 5.32 Å². The summed E-state index contributed by atoms with van der Waals surface area (Å²) in [6.45, 7) is 2.00. The van der Waals surface area contributed by atoms with E-state index in [0.29, 0.717) is 18.8 Å². The lowest BCUT2D eigenvalue weighted by atomic mass is 10.00. The zero-order valence-electron chi connectivity index (χ0n) is 17.8. The summed E-state index contributed by atoms with van der Waals surface area (Å²) in [5.74, 6) is 0.703. The molecule has 0 unspecified atom stereocenters. The normalized spacial score (nSPS) is 11.5. The van der Waals surface area contributed by atoms with Crippen LogP contribution in [0, 0.1) is 0 Å². The van der Waals surface area contributed by atoms with Crippen LogP contribution < -0.4 is 14.8 Å². The third-order valence-electron chi connectivity index (χ3n) is 4.89. The van der Waals surface area contributed by atoms with Gasteiger partial charge in [-0.3, -0.25) is 9.59 Å². The fourth-order valence-electron chi connectivity index (χ4n) is 3.29. The van der Waals surface area contributed by atoms with Gasteiger partial charge < -0.3 is 19.5 Å². The topological polar surface area (TPSA) is 73.9 Å². The van der Waals surface area contributed by atoms with E-state index in [1.54, 1.807) is 31.4 Å². The standard InChI is InChI=1S/C25H27NO5/c1-18(22-10-5-8-19-7-3-4-9-23(19)22)26-24(27)17-31-25(28)11-6-16-30-21-14-12-20(29-2)13-15-21/h3-5,7-10,12-15,18H,6,11,16-17H2,1-2H3,(H,26,27)/t18-/m0/s1. The SMILES string of the molecule is COc1ccc(OCCCC(=O)OCC(=O)N[C@@H](C)c2cccc3ccccc23)cc1. The Labute approximate surface area is 182 Å². The van der Waals surface area contributed by atoms with Crippen molar-refractivity contribution >= 4 is 22.6 Å². The van der Waals surface area contributed by atoms with E-state index >= 15 is 0 Å². The summed E-state index contributed by atoms with van der Waals surface area (Å²) in [6, 6.07) is 21.0. The van der Waals surface area contributed by atoms with E-state index < -0.39 is 5.97 Å². The van der Waals surface area contributed by atoms with Crippen LogP contribution >= 0.6 is 0 Å². The maximum absolute atomic E-state index is 12.2. The van der Waals surface area contributed by atoms with Crippen molar-refractivity contribution in [3.05, 3.63) is 72.3 Å². The lowest BCUT2D eigenvalue weighted by Crippen LogP contribution is -2.31. The van der Waals surface area contributed by atoms with Gasteiger partial charge in [0.15, 0.2) is 6.61 Å². The average Bonchev–Trinajstić information content (AvgIpc) is 2.80. The molecule has 31 heavy (non-hydrogen) atoms. The van der Waals surface area contributed by atoms with Crippen molar-refractivity contribution in [1.82, 2.24) is 5.32 Å². The molecule has 1 N–H and O–H groups in total. The van der Waals surface area contributed by atoms with Crippen LogP contribution in [0.15, 0.2) is 66.7 Å². The molecule has 0 heterocycles. The highest BCUT2D eigenvalue weighted by Crippen LogP contribution is 2.24. The smallest absolute Gasteiger partial charge is 0.306 e. The van der Waals surface area contributed by atoms with Gasteiger partial charge in [0.05, 0.1) is 19.8 Å². The van der Waals surface area contributed by atoms with Crippen molar-refractivity contribution in [3.63, 3.8) is 0 Å². The van der Waals surface area contributed by atoms with Crippen LogP contribution in [0.5, 0.6) is 11.5 Å². The van der Waals surface area contributed by atoms with Crippen LogP contribution in [-0.2, 0) is 14.3 Å². The third-order valence-corrected chi connectivity index (χ3v) is 4.89. The van der Waals surface area contributed by atoms with Crippen molar-refractivity contribution in [3.8, 4) is 11.5 Å². The highest BCUT2D eigenvalue weighted by molar-refractivity contribution is 5.87. The molecule has 3 rings (SSSR count). The number of amides is 1. The molecule has 0 fully saturated rings. The lowest BCUT2D eigenvalue weighted by molar-refractivity contribution is -0.148. The first-order valence-electron chi connectivity index (χ1n) is 10.3. The van der Waals surface area contributed by atoms with Crippen molar-refractivity contribution < 1.29 is 23.8 Å². The van der Waals surface area contributed by atoms with Crippen LogP contribution in [-0.4, -0.2) is 32.2 Å². The third kappa shape index (κ3) is 6.47. The number of hydrogen-bond acceptors (Lipinski definition) is 5. The number of benzene rings is 3. The minimum Gasteiger partial charge on any atom is -0.497 e. The molecule has 162 valence electrons. The Kier molecular flexibility index (Phi) is 7.87. The second-order valence-electron chi connectivity index (χ2n) is 7.15. The summed E-state index contributed by atoms with van der Waals surface area (Å²) in [4.78, 5) is 24.1. The molecule has 0 radical (unpaired) electrons. The highest BCUT2D eigenvalue weighted by Gasteiger charge is 2.14. The first kappa shape index (κ1) is 22.2. The van der Waals surface area contributed by atoms with E-state index in [9.17, 15) is 9.59 Å². The zero-order chi connectivity index (χ0) is 22.1. The summed E-state index contributed by atoms with van der Waals surface area (Å²) in [5, 5.41) is 5.10. The van der Waals surface area contributed by atoms with Crippen LogP contribution in [0.3, 0.4) is 0 Å². The Morgan fingerprint density at radius 2 is 1.65 bits per heavy atom. The van der Waals surface area contributed by atoms with Gasteiger partial charge in [-0.1, -0.05) is 42.5 Å². The molecule has 0 spiro atoms. The Bertz CT molecular complexity index is 1010. The number of methoxy groups -OCH3 is 1. The second kappa shape index (κ2) is 11.0. The largest absolute Gasteiger partial charge is 0.497 e. The van der Waals surface area contributed by atoms with Gasteiger partial charge in [-0.05, 0) is 53.9 Å². The van der Waals surface area contributed by atoms with E-state index in [0.717, 1.165) is 22.1 Å². The number of fused-ring (bicyclic) bond motifs is 1. The molecule has 1 amide bonds. The molecule has 0 saturated carbocycles. The molecular formula is C25H27NO5. The molecule has 0 bridgehead atoms. The van der Waals surface area contributed by atoms with Crippen molar-refractivity contribution in [2.45, 2.75) is 25.8 Å². The molecule has 1 atom stereocenters. The molecule has 3 aromatic rings. The van der Waals surface area contributed by atoms with Gasteiger partial charge in [-0.15, -0.1) is 0 Å². The molecule has 0 saturated heterocycles. The van der Waals surface area contributed by atoms with Crippen LogP contribution in [0.4, 0.5) is 0 Å². The fourth-order valence-corrected chi connectivity index (χ4v) is 3.29. The summed E-state index contributed by atoms with van der Waals surface area (Å²) in [6.07, 6.45) is 0.682. The summed E-state index contributed by atoms with van der Waals surface area (Å²) < 4.78 is 15.8. The number of hydrogen-bond donors (Lipinski definition) is 1. The Balaban J connectivity index is 1.37. The van der Waals surface area contributed by atoms with Gasteiger partial charge in [-0.2, -0.15) is 0 Å². The van der Waals surface area contributed by atoms with Gasteiger partial charge in [0.1, 0.15) is 11.5 Å². The van der Waals surface area contributed by atoms with E-state index in [4.69, 9.17) is 14.2 Å². The van der Waals surface area contributed by atoms with Gasteiger partial charge in [0, 0.05) is 6.42 Å². The summed E-state index contributed by atoms with van der Waals surface area (Å²) in [5.41, 5.74) is 1.02. The summed E-state index contributed by atoms with van der Waals surface area (Å²) >= 11 is 0. The zero-order valence-corrected chi connectivity index (χ0v) is 17.8. The molecule has 0 aliphatic heterocycles. The van der Waals surface area contributed by atoms with E-state index in [-0.39, 0.29) is 25.0 Å². The molecule has 0 aliphatic carbocycles. The van der Waals surface area contributed by atoms with Gasteiger partial charge in [0.2, 0.25) is 0 Å². The highest BCUT2D eigenvalue weighted by atomic mass is 16.5. The molecule has 0 aromatic heterocycles. The predicted octanol–water partition coefficient (Wildman–Crippen LogP) is 4.43. The van der Waals surface area contributed by atoms with E-state index in [1.165, 1.54) is 0 Å². The minimum atomic E-state index is -0.425. The lowest BCUT2D eigenvalue weighted by Gasteiger charge is -2.16. The summed E-state index contributed by atoms with van der Waals surface area (Å²) in [7, 11) is 1.60. The second-order valence-corrected chi connectivity index (χ2v) is 7.15. The van der Waals surface area contributed by atoms with Crippen LogP contribution in [0.25, 0.3) is 10.8 Å². The quantitative estimate of drug-likeness (QED) is 0.387. The number of carbonyl (C=O) groups excluding carboxylic acids is 2. The van der Waals surface area contributed by atoms with Gasteiger partial charge in [-0.25, -0.2) is 0 Å². The van der Waals surface area contributed by atoms with Crippen molar-refractivity contribution in [1.29, 1.82) is 0 Å². The average molecular weight is 421 g/mol. The Morgan fingerprint density at radius 3 is 2.42 bits per heavy atom. The number of carbonyl (C=O) groups is 2.